The second-order valence-electron chi connectivity index (χ2n) is 5.68. The number of fused-ring (bicyclic) bond motifs is 1. The van der Waals surface area contributed by atoms with Crippen LogP contribution in [0.15, 0.2) is 0 Å². The topological polar surface area (TPSA) is 53.1 Å². The largest absolute Gasteiger partial charge is 0.381 e. The number of hydrogen-bond donors (Lipinski definition) is 0. The van der Waals surface area contributed by atoms with Gasteiger partial charge in [0.15, 0.2) is 0 Å². The van der Waals surface area contributed by atoms with Gasteiger partial charge in [0.25, 0.3) is 0 Å². The average molecular weight is 267 g/mol. The van der Waals surface area contributed by atoms with E-state index >= 15 is 0 Å². The maximum Gasteiger partial charge on any atom is 0.320 e. The Bertz CT molecular complexity index is 381. The third-order valence-corrected chi connectivity index (χ3v) is 4.42. The number of piperazine rings is 1. The Kier molecular flexibility index (Phi) is 3.35. The third kappa shape index (κ3) is 2.29. The van der Waals surface area contributed by atoms with Gasteiger partial charge in [-0.3, -0.25) is 4.79 Å². The number of hydrogen-bond acceptors (Lipinski definition) is 3. The summed E-state index contributed by atoms with van der Waals surface area (Å²) in [6.07, 6.45) is 1.67. The van der Waals surface area contributed by atoms with E-state index in [1.54, 1.807) is 4.90 Å². The van der Waals surface area contributed by atoms with Gasteiger partial charge in [0.1, 0.15) is 0 Å². The maximum atomic E-state index is 12.5. The monoisotopic (exact) mass is 267 g/mol. The number of nitrogens with zero attached hydrogens (tertiary/aromatic N) is 3. The molecule has 3 aliphatic heterocycles. The van der Waals surface area contributed by atoms with Crippen LogP contribution in [0.1, 0.15) is 12.8 Å². The van der Waals surface area contributed by atoms with Crippen molar-refractivity contribution in [3.63, 3.8) is 0 Å². The molecule has 0 spiro atoms. The van der Waals surface area contributed by atoms with Crippen LogP contribution in [0, 0.1) is 5.92 Å². The zero-order chi connectivity index (χ0) is 13.4. The fraction of sp³-hybridized carbons (Fsp3) is 0.846. The number of ether oxygens (including phenoxy) is 1. The van der Waals surface area contributed by atoms with E-state index in [0.717, 1.165) is 19.4 Å². The molecule has 0 unspecified atom stereocenters. The molecule has 0 aromatic heterocycles. The van der Waals surface area contributed by atoms with Crippen molar-refractivity contribution >= 4 is 11.9 Å². The molecule has 3 heterocycles. The Labute approximate surface area is 113 Å². The molecule has 0 aliphatic carbocycles. The highest BCUT2D eigenvalue weighted by Crippen LogP contribution is 2.23. The molecule has 3 fully saturated rings. The van der Waals surface area contributed by atoms with E-state index in [9.17, 15) is 9.59 Å². The van der Waals surface area contributed by atoms with Crippen LogP contribution in [-0.4, -0.2) is 79.1 Å². The summed E-state index contributed by atoms with van der Waals surface area (Å²) in [4.78, 5) is 29.9. The van der Waals surface area contributed by atoms with Crippen molar-refractivity contribution in [3.8, 4) is 0 Å². The summed E-state index contributed by atoms with van der Waals surface area (Å²) < 4.78 is 5.30. The van der Waals surface area contributed by atoms with Crippen molar-refractivity contribution in [2.24, 2.45) is 5.92 Å². The highest BCUT2D eigenvalue weighted by molar-refractivity contribution is 5.81. The minimum absolute atomic E-state index is 0.100. The molecule has 3 amide bonds. The lowest BCUT2D eigenvalue weighted by Crippen LogP contribution is -2.55. The molecule has 0 N–H and O–H groups in total. The van der Waals surface area contributed by atoms with Crippen molar-refractivity contribution in [2.75, 3.05) is 46.4 Å². The maximum absolute atomic E-state index is 12.5. The van der Waals surface area contributed by atoms with Gasteiger partial charge in [-0.15, -0.1) is 0 Å². The predicted molar refractivity (Wildman–Crippen MR) is 68.6 cm³/mol. The van der Waals surface area contributed by atoms with Crippen LogP contribution in [0.3, 0.4) is 0 Å². The summed E-state index contributed by atoms with van der Waals surface area (Å²) in [5.41, 5.74) is 0. The number of likely N-dealkylation sites (N-methyl/N-ethyl adjacent to an activating group) is 1. The molecule has 0 saturated carbocycles. The van der Waals surface area contributed by atoms with E-state index in [2.05, 4.69) is 0 Å². The van der Waals surface area contributed by atoms with Gasteiger partial charge in [-0.25, -0.2) is 4.79 Å². The molecule has 0 radical (unpaired) electrons. The molecule has 1 atom stereocenters. The lowest BCUT2D eigenvalue weighted by Gasteiger charge is -2.38. The summed E-state index contributed by atoms with van der Waals surface area (Å²) >= 11 is 0. The van der Waals surface area contributed by atoms with Gasteiger partial charge in [-0.05, 0) is 12.8 Å². The normalized spacial score (nSPS) is 28.8. The molecular weight excluding hydrogens is 246 g/mol. The first-order chi connectivity index (χ1) is 9.16. The first kappa shape index (κ1) is 12.7. The van der Waals surface area contributed by atoms with Gasteiger partial charge in [-0.1, -0.05) is 0 Å². The molecule has 6 nitrogen and oxygen atoms in total. The molecule has 0 aromatic carbocycles. The number of amides is 3. The van der Waals surface area contributed by atoms with Gasteiger partial charge < -0.3 is 19.4 Å². The molecule has 106 valence electrons. The molecule has 6 heteroatoms. The van der Waals surface area contributed by atoms with Crippen LogP contribution in [0.2, 0.25) is 0 Å². The van der Waals surface area contributed by atoms with E-state index in [1.807, 2.05) is 16.8 Å². The Hall–Kier alpha value is -1.30. The van der Waals surface area contributed by atoms with Crippen LogP contribution < -0.4 is 0 Å². The standard InChI is InChI=1S/C13H21N3O3/c1-14-8-11-9-15(4-5-16(11)13(14)18)12(17)10-2-6-19-7-3-10/h10-11H,2-9H2,1H3/t11-/m0/s1. The lowest BCUT2D eigenvalue weighted by atomic mass is 9.98. The fourth-order valence-corrected chi connectivity index (χ4v) is 3.28. The Morgan fingerprint density at radius 1 is 1.21 bits per heavy atom. The smallest absolute Gasteiger partial charge is 0.320 e. The van der Waals surface area contributed by atoms with Crippen molar-refractivity contribution in [2.45, 2.75) is 18.9 Å². The fourth-order valence-electron chi connectivity index (χ4n) is 3.28. The van der Waals surface area contributed by atoms with Crippen molar-refractivity contribution in [1.82, 2.24) is 14.7 Å². The van der Waals surface area contributed by atoms with Crippen molar-refractivity contribution in [1.29, 1.82) is 0 Å². The summed E-state index contributed by atoms with van der Waals surface area (Å²) in [6, 6.07) is 0.276. The first-order valence-electron chi connectivity index (χ1n) is 7.05. The zero-order valence-corrected chi connectivity index (χ0v) is 11.4. The van der Waals surface area contributed by atoms with E-state index in [0.29, 0.717) is 32.8 Å². The third-order valence-electron chi connectivity index (χ3n) is 4.42. The van der Waals surface area contributed by atoms with Crippen LogP contribution in [0.4, 0.5) is 4.79 Å². The second kappa shape index (κ2) is 5.00. The molecular formula is C13H21N3O3. The van der Waals surface area contributed by atoms with Gasteiger partial charge in [-0.2, -0.15) is 0 Å². The van der Waals surface area contributed by atoms with Gasteiger partial charge in [0.05, 0.1) is 6.04 Å². The number of urea groups is 1. The van der Waals surface area contributed by atoms with Crippen LogP contribution in [0.5, 0.6) is 0 Å². The minimum atomic E-state index is 0.100. The predicted octanol–water partition coefficient (Wildman–Crippen LogP) is -0.00880. The van der Waals surface area contributed by atoms with Crippen LogP contribution in [-0.2, 0) is 9.53 Å². The number of rotatable bonds is 1. The van der Waals surface area contributed by atoms with Crippen LogP contribution in [0.25, 0.3) is 0 Å². The Morgan fingerprint density at radius 2 is 1.95 bits per heavy atom. The van der Waals surface area contributed by atoms with Gasteiger partial charge in [0, 0.05) is 52.4 Å². The van der Waals surface area contributed by atoms with Gasteiger partial charge in [0.2, 0.25) is 5.91 Å². The minimum Gasteiger partial charge on any atom is -0.381 e. The molecule has 19 heavy (non-hydrogen) atoms. The SMILES string of the molecule is CN1C[C@H]2CN(C(=O)C3CCOCC3)CCN2C1=O. The summed E-state index contributed by atoms with van der Waals surface area (Å²) in [5, 5.41) is 0. The van der Waals surface area contributed by atoms with E-state index in [-0.39, 0.29) is 23.9 Å². The quantitative estimate of drug-likeness (QED) is 0.671. The zero-order valence-electron chi connectivity index (χ0n) is 11.4. The molecule has 0 aromatic rings. The highest BCUT2D eigenvalue weighted by atomic mass is 16.5. The Balaban J connectivity index is 1.62. The van der Waals surface area contributed by atoms with E-state index in [1.165, 1.54) is 0 Å². The first-order valence-corrected chi connectivity index (χ1v) is 7.05. The Morgan fingerprint density at radius 3 is 2.68 bits per heavy atom. The average Bonchev–Trinajstić information content (AvgIpc) is 2.74. The number of carbonyl (C=O) groups excluding carboxylic acids is 2. The number of carbonyl (C=O) groups is 2. The molecule has 3 saturated heterocycles. The van der Waals surface area contributed by atoms with Crippen LogP contribution >= 0.6 is 0 Å². The molecule has 3 rings (SSSR count). The second-order valence-corrected chi connectivity index (χ2v) is 5.68. The highest BCUT2D eigenvalue weighted by Gasteiger charge is 2.41. The van der Waals surface area contributed by atoms with E-state index in [4.69, 9.17) is 4.74 Å². The van der Waals surface area contributed by atoms with E-state index < -0.39 is 0 Å². The molecule has 3 aliphatic rings. The van der Waals surface area contributed by atoms with Crippen molar-refractivity contribution < 1.29 is 14.3 Å². The summed E-state index contributed by atoms with van der Waals surface area (Å²) in [5.74, 6) is 0.375. The molecule has 0 bridgehead atoms. The van der Waals surface area contributed by atoms with Gasteiger partial charge >= 0.3 is 6.03 Å². The summed E-state index contributed by atoms with van der Waals surface area (Å²) in [7, 11) is 1.82. The lowest BCUT2D eigenvalue weighted by molar-refractivity contribution is -0.140. The summed E-state index contributed by atoms with van der Waals surface area (Å²) in [6.45, 7) is 4.15. The van der Waals surface area contributed by atoms with Crippen molar-refractivity contribution in [3.05, 3.63) is 0 Å².